The maximum absolute atomic E-state index is 11.6. The molecular weight excluding hydrogens is 316 g/mol. The van der Waals surface area contributed by atoms with Crippen molar-refractivity contribution in [2.75, 3.05) is 18.0 Å². The van der Waals surface area contributed by atoms with Gasteiger partial charge in [-0.1, -0.05) is 6.42 Å². The second-order valence-corrected chi connectivity index (χ2v) is 6.94. The van der Waals surface area contributed by atoms with E-state index in [2.05, 4.69) is 24.6 Å². The standard InChI is InChI=1S/C18H24N6O/c19-16(25)14-5-4-9-20-18(14)23-11-7-13(8-12-23)17-22-21-15-6-2-1-3-10-24(15)17/h4-5,9,13H,1-3,6-8,10-12H2,(H2,19,25). The smallest absolute Gasteiger partial charge is 0.252 e. The second-order valence-electron chi connectivity index (χ2n) is 6.94. The largest absolute Gasteiger partial charge is 0.365 e. The Hall–Kier alpha value is -2.44. The Kier molecular flexibility index (Phi) is 4.38. The zero-order valence-electron chi connectivity index (χ0n) is 14.4. The molecule has 1 amide bonds. The molecule has 1 saturated heterocycles. The third-order valence-electron chi connectivity index (χ3n) is 5.35. The average molecular weight is 340 g/mol. The van der Waals surface area contributed by atoms with Crippen LogP contribution >= 0.6 is 0 Å². The van der Waals surface area contributed by atoms with Crippen molar-refractivity contribution in [2.45, 2.75) is 51.0 Å². The van der Waals surface area contributed by atoms with Crippen LogP contribution in [0.1, 0.15) is 60.0 Å². The van der Waals surface area contributed by atoms with E-state index in [4.69, 9.17) is 5.73 Å². The van der Waals surface area contributed by atoms with Crippen LogP contribution in [0.5, 0.6) is 0 Å². The summed E-state index contributed by atoms with van der Waals surface area (Å²) in [6.07, 6.45) is 8.45. The Bertz CT molecular complexity index is 763. The van der Waals surface area contributed by atoms with Crippen molar-refractivity contribution in [1.82, 2.24) is 19.7 Å². The van der Waals surface area contributed by atoms with E-state index in [1.54, 1.807) is 18.3 Å². The number of aryl methyl sites for hydroxylation is 1. The summed E-state index contributed by atoms with van der Waals surface area (Å²) < 4.78 is 2.35. The summed E-state index contributed by atoms with van der Waals surface area (Å²) in [6.45, 7) is 2.75. The van der Waals surface area contributed by atoms with Crippen molar-refractivity contribution >= 4 is 11.7 Å². The van der Waals surface area contributed by atoms with Gasteiger partial charge in [-0.05, 0) is 37.8 Å². The molecule has 0 atom stereocenters. The van der Waals surface area contributed by atoms with Gasteiger partial charge in [-0.3, -0.25) is 4.79 Å². The molecule has 7 heteroatoms. The zero-order valence-corrected chi connectivity index (χ0v) is 14.4. The average Bonchev–Trinajstić information content (AvgIpc) is 2.90. The number of carbonyl (C=O) groups is 1. The number of hydrogen-bond acceptors (Lipinski definition) is 5. The Morgan fingerprint density at radius 3 is 2.76 bits per heavy atom. The van der Waals surface area contributed by atoms with Crippen LogP contribution in [0.25, 0.3) is 0 Å². The van der Waals surface area contributed by atoms with Crippen molar-refractivity contribution in [3.8, 4) is 0 Å². The Balaban J connectivity index is 1.49. The fraction of sp³-hybridized carbons (Fsp3) is 0.556. The highest BCUT2D eigenvalue weighted by Gasteiger charge is 2.28. The van der Waals surface area contributed by atoms with Gasteiger partial charge in [0.2, 0.25) is 0 Å². The number of nitrogens with two attached hydrogens (primary N) is 1. The predicted octanol–water partition coefficient (Wildman–Crippen LogP) is 1.88. The molecule has 2 aliphatic heterocycles. The third kappa shape index (κ3) is 3.10. The molecule has 0 aliphatic carbocycles. The summed E-state index contributed by atoms with van der Waals surface area (Å²) in [7, 11) is 0. The summed E-state index contributed by atoms with van der Waals surface area (Å²) in [5.41, 5.74) is 5.99. The van der Waals surface area contributed by atoms with Crippen molar-refractivity contribution in [3.05, 3.63) is 35.5 Å². The number of pyridine rings is 1. The van der Waals surface area contributed by atoms with E-state index in [9.17, 15) is 4.79 Å². The molecule has 132 valence electrons. The molecule has 25 heavy (non-hydrogen) atoms. The highest BCUT2D eigenvalue weighted by Crippen LogP contribution is 2.31. The summed E-state index contributed by atoms with van der Waals surface area (Å²) >= 11 is 0. The topological polar surface area (TPSA) is 89.9 Å². The number of primary amides is 1. The predicted molar refractivity (Wildman–Crippen MR) is 94.5 cm³/mol. The first-order valence-corrected chi connectivity index (χ1v) is 9.16. The van der Waals surface area contributed by atoms with Crippen LogP contribution in [0, 0.1) is 0 Å². The van der Waals surface area contributed by atoms with Crippen LogP contribution in [-0.4, -0.2) is 38.7 Å². The molecule has 0 bridgehead atoms. The molecular formula is C18H24N6O. The Labute approximate surface area is 147 Å². The van der Waals surface area contributed by atoms with Crippen LogP contribution in [0.15, 0.2) is 18.3 Å². The lowest BCUT2D eigenvalue weighted by molar-refractivity contribution is 0.100. The van der Waals surface area contributed by atoms with Gasteiger partial charge in [-0.25, -0.2) is 4.98 Å². The van der Waals surface area contributed by atoms with E-state index in [-0.39, 0.29) is 0 Å². The molecule has 1 fully saturated rings. The fourth-order valence-electron chi connectivity index (χ4n) is 4.00. The number of fused-ring (bicyclic) bond motifs is 1. The first kappa shape index (κ1) is 16.1. The van der Waals surface area contributed by atoms with Gasteiger partial charge in [0, 0.05) is 38.2 Å². The molecule has 0 spiro atoms. The van der Waals surface area contributed by atoms with Gasteiger partial charge in [0.05, 0.1) is 5.56 Å². The van der Waals surface area contributed by atoms with Gasteiger partial charge in [0.25, 0.3) is 5.91 Å². The quantitative estimate of drug-likeness (QED) is 0.921. The minimum absolute atomic E-state index is 0.423. The third-order valence-corrected chi connectivity index (χ3v) is 5.35. The first-order valence-electron chi connectivity index (χ1n) is 9.16. The molecule has 0 aromatic carbocycles. The number of piperidine rings is 1. The number of amides is 1. The SMILES string of the molecule is NC(=O)c1cccnc1N1CCC(c2nnc3n2CCCCC3)CC1. The van der Waals surface area contributed by atoms with Crippen LogP contribution in [0.2, 0.25) is 0 Å². The monoisotopic (exact) mass is 340 g/mol. The molecule has 4 rings (SSSR count). The molecule has 0 radical (unpaired) electrons. The van der Waals surface area contributed by atoms with Crippen molar-refractivity contribution in [1.29, 1.82) is 0 Å². The Morgan fingerprint density at radius 1 is 1.12 bits per heavy atom. The number of hydrogen-bond donors (Lipinski definition) is 1. The van der Waals surface area contributed by atoms with E-state index >= 15 is 0 Å². The van der Waals surface area contributed by atoms with Gasteiger partial charge in [0.15, 0.2) is 0 Å². The molecule has 7 nitrogen and oxygen atoms in total. The van der Waals surface area contributed by atoms with Gasteiger partial charge >= 0.3 is 0 Å². The van der Waals surface area contributed by atoms with E-state index in [1.807, 2.05) is 0 Å². The molecule has 2 N–H and O–H groups in total. The second kappa shape index (κ2) is 6.82. The summed E-state index contributed by atoms with van der Waals surface area (Å²) in [4.78, 5) is 18.2. The van der Waals surface area contributed by atoms with Crippen molar-refractivity contribution in [3.63, 3.8) is 0 Å². The number of aromatic nitrogens is 4. The number of carbonyl (C=O) groups excluding carboxylic acids is 1. The maximum atomic E-state index is 11.6. The van der Waals surface area contributed by atoms with Gasteiger partial charge in [0.1, 0.15) is 17.5 Å². The molecule has 0 saturated carbocycles. The van der Waals surface area contributed by atoms with Gasteiger partial charge in [-0.2, -0.15) is 0 Å². The molecule has 0 unspecified atom stereocenters. The van der Waals surface area contributed by atoms with Gasteiger partial charge < -0.3 is 15.2 Å². The van der Waals surface area contributed by atoms with Crippen LogP contribution in [-0.2, 0) is 13.0 Å². The maximum Gasteiger partial charge on any atom is 0.252 e. The van der Waals surface area contributed by atoms with Crippen molar-refractivity contribution < 1.29 is 4.79 Å². The minimum atomic E-state index is -0.423. The molecule has 4 heterocycles. The summed E-state index contributed by atoms with van der Waals surface area (Å²) in [5.74, 6) is 3.00. The number of anilines is 1. The highest BCUT2D eigenvalue weighted by molar-refractivity contribution is 5.97. The lowest BCUT2D eigenvalue weighted by Crippen LogP contribution is -2.35. The van der Waals surface area contributed by atoms with E-state index in [0.717, 1.165) is 50.5 Å². The molecule has 2 aliphatic rings. The van der Waals surface area contributed by atoms with Gasteiger partial charge in [-0.15, -0.1) is 10.2 Å². The van der Waals surface area contributed by atoms with E-state index < -0.39 is 5.91 Å². The summed E-state index contributed by atoms with van der Waals surface area (Å²) in [5, 5.41) is 8.94. The minimum Gasteiger partial charge on any atom is -0.365 e. The highest BCUT2D eigenvalue weighted by atomic mass is 16.1. The lowest BCUT2D eigenvalue weighted by Gasteiger charge is -2.33. The van der Waals surface area contributed by atoms with E-state index in [0.29, 0.717) is 17.3 Å². The number of rotatable bonds is 3. The molecule has 2 aromatic heterocycles. The summed E-state index contributed by atoms with van der Waals surface area (Å²) in [6, 6.07) is 3.50. The molecule has 2 aromatic rings. The lowest BCUT2D eigenvalue weighted by atomic mass is 9.95. The van der Waals surface area contributed by atoms with Crippen molar-refractivity contribution in [2.24, 2.45) is 5.73 Å². The fourth-order valence-corrected chi connectivity index (χ4v) is 4.00. The first-order chi connectivity index (χ1) is 12.2. The van der Waals surface area contributed by atoms with Crippen LogP contribution < -0.4 is 10.6 Å². The zero-order chi connectivity index (χ0) is 17.2. The normalized spacial score (nSPS) is 18.6. The van der Waals surface area contributed by atoms with Crippen LogP contribution in [0.4, 0.5) is 5.82 Å². The Morgan fingerprint density at radius 2 is 1.96 bits per heavy atom. The van der Waals surface area contributed by atoms with Crippen LogP contribution in [0.3, 0.4) is 0 Å². The number of nitrogens with zero attached hydrogens (tertiary/aromatic N) is 5. The van der Waals surface area contributed by atoms with E-state index in [1.165, 1.54) is 19.3 Å².